The van der Waals surface area contributed by atoms with Crippen molar-refractivity contribution in [1.82, 2.24) is 19.2 Å². The van der Waals surface area contributed by atoms with Crippen LogP contribution in [0.3, 0.4) is 0 Å². The van der Waals surface area contributed by atoms with Crippen molar-refractivity contribution in [2.24, 2.45) is 0 Å². The number of aromatic nitrogens is 2. The third-order valence-electron chi connectivity index (χ3n) is 5.78. The third-order valence-corrected chi connectivity index (χ3v) is 5.78. The van der Waals surface area contributed by atoms with E-state index in [2.05, 4.69) is 47.4 Å². The Morgan fingerprint density at radius 3 is 2.38 bits per heavy atom. The number of amides is 1. The first-order valence-corrected chi connectivity index (χ1v) is 10.3. The molecule has 6 nitrogen and oxygen atoms in total. The van der Waals surface area contributed by atoms with E-state index in [-0.39, 0.29) is 5.91 Å². The Bertz CT molecular complexity index is 1010. The Kier molecular flexibility index (Phi) is 5.28. The number of rotatable bonds is 4. The molecule has 1 aliphatic rings. The van der Waals surface area contributed by atoms with Crippen molar-refractivity contribution in [3.05, 3.63) is 53.9 Å². The summed E-state index contributed by atoms with van der Waals surface area (Å²) in [5.74, 6) is 0.653. The number of benzene rings is 1. The normalized spacial score (nSPS) is 15.4. The zero-order valence-electron chi connectivity index (χ0n) is 17.4. The molecule has 0 bridgehead atoms. The molecule has 6 heteroatoms. The number of carbonyl (C=O) groups is 1. The standard InChI is InChI=1S/C23H29N5O/c1-16(2)18-4-6-19(7-5-18)23-21(28-14-20(24)8-9-22(28)25-23)15-26-10-12-27(13-11-26)17(3)29/h4-9,14,16H,10-13,15,24H2,1-3H3. The molecule has 4 rings (SSSR count). The number of nitrogen functional groups attached to an aromatic ring is 1. The number of anilines is 1. The minimum Gasteiger partial charge on any atom is -0.398 e. The number of pyridine rings is 1. The Labute approximate surface area is 171 Å². The quantitative estimate of drug-likeness (QED) is 0.740. The summed E-state index contributed by atoms with van der Waals surface area (Å²) in [5.41, 5.74) is 12.3. The Hall–Kier alpha value is -2.86. The summed E-state index contributed by atoms with van der Waals surface area (Å²) in [6, 6.07) is 12.6. The van der Waals surface area contributed by atoms with E-state index in [4.69, 9.17) is 10.7 Å². The highest BCUT2D eigenvalue weighted by Crippen LogP contribution is 2.28. The lowest BCUT2D eigenvalue weighted by Gasteiger charge is -2.34. The topological polar surface area (TPSA) is 66.9 Å². The van der Waals surface area contributed by atoms with Crippen LogP contribution in [0.4, 0.5) is 5.69 Å². The van der Waals surface area contributed by atoms with E-state index >= 15 is 0 Å². The second-order valence-corrected chi connectivity index (χ2v) is 8.16. The van der Waals surface area contributed by atoms with E-state index in [1.165, 1.54) is 5.56 Å². The highest BCUT2D eigenvalue weighted by Gasteiger charge is 2.22. The highest BCUT2D eigenvalue weighted by atomic mass is 16.2. The van der Waals surface area contributed by atoms with Gasteiger partial charge in [-0.05, 0) is 23.6 Å². The number of fused-ring (bicyclic) bond motifs is 1. The van der Waals surface area contributed by atoms with Crippen molar-refractivity contribution < 1.29 is 4.79 Å². The fourth-order valence-electron chi connectivity index (χ4n) is 3.95. The first kappa shape index (κ1) is 19.5. The number of hydrogen-bond acceptors (Lipinski definition) is 4. The smallest absolute Gasteiger partial charge is 0.219 e. The molecule has 152 valence electrons. The first-order valence-electron chi connectivity index (χ1n) is 10.3. The molecule has 0 unspecified atom stereocenters. The van der Waals surface area contributed by atoms with E-state index in [0.29, 0.717) is 5.92 Å². The van der Waals surface area contributed by atoms with E-state index in [9.17, 15) is 4.79 Å². The van der Waals surface area contributed by atoms with Gasteiger partial charge in [0.05, 0.1) is 11.4 Å². The van der Waals surface area contributed by atoms with Crippen molar-refractivity contribution in [2.45, 2.75) is 33.2 Å². The summed E-state index contributed by atoms with van der Waals surface area (Å²) < 4.78 is 2.11. The summed E-state index contributed by atoms with van der Waals surface area (Å²) in [5, 5.41) is 0. The fraction of sp³-hybridized carbons (Fsp3) is 0.391. The van der Waals surface area contributed by atoms with E-state index in [1.807, 2.05) is 23.2 Å². The average molecular weight is 392 g/mol. The van der Waals surface area contributed by atoms with Gasteiger partial charge in [0.25, 0.3) is 0 Å². The number of nitrogens with two attached hydrogens (primary N) is 1. The van der Waals surface area contributed by atoms with E-state index in [0.717, 1.165) is 61.0 Å². The molecule has 0 atom stereocenters. The summed E-state index contributed by atoms with van der Waals surface area (Å²) >= 11 is 0. The molecule has 0 saturated carbocycles. The lowest BCUT2D eigenvalue weighted by molar-refractivity contribution is -0.130. The van der Waals surface area contributed by atoms with Crippen LogP contribution in [-0.2, 0) is 11.3 Å². The van der Waals surface area contributed by atoms with Crippen LogP contribution in [0, 0.1) is 0 Å². The molecular formula is C23H29N5O. The second-order valence-electron chi connectivity index (χ2n) is 8.16. The Morgan fingerprint density at radius 1 is 1.07 bits per heavy atom. The lowest BCUT2D eigenvalue weighted by atomic mass is 10.0. The monoisotopic (exact) mass is 391 g/mol. The van der Waals surface area contributed by atoms with Gasteiger partial charge in [-0.1, -0.05) is 38.1 Å². The second kappa shape index (κ2) is 7.87. The first-order chi connectivity index (χ1) is 13.9. The molecule has 0 aliphatic carbocycles. The summed E-state index contributed by atoms with van der Waals surface area (Å²) in [4.78, 5) is 20.9. The highest BCUT2D eigenvalue weighted by molar-refractivity contribution is 5.73. The summed E-state index contributed by atoms with van der Waals surface area (Å²) in [6.45, 7) is 10.1. The fourth-order valence-corrected chi connectivity index (χ4v) is 3.95. The molecule has 1 saturated heterocycles. The van der Waals surface area contributed by atoms with Gasteiger partial charge in [-0.15, -0.1) is 0 Å². The lowest BCUT2D eigenvalue weighted by Crippen LogP contribution is -2.47. The van der Waals surface area contributed by atoms with Crippen LogP contribution in [0.5, 0.6) is 0 Å². The zero-order chi connectivity index (χ0) is 20.5. The van der Waals surface area contributed by atoms with Gasteiger partial charge in [0.2, 0.25) is 5.91 Å². The average Bonchev–Trinajstić information content (AvgIpc) is 3.06. The van der Waals surface area contributed by atoms with Crippen molar-refractivity contribution in [3.8, 4) is 11.3 Å². The van der Waals surface area contributed by atoms with Crippen LogP contribution in [0.15, 0.2) is 42.6 Å². The van der Waals surface area contributed by atoms with Gasteiger partial charge >= 0.3 is 0 Å². The zero-order valence-corrected chi connectivity index (χ0v) is 17.4. The van der Waals surface area contributed by atoms with Gasteiger partial charge in [0.1, 0.15) is 5.65 Å². The number of imidazole rings is 1. The maximum atomic E-state index is 11.6. The van der Waals surface area contributed by atoms with Gasteiger partial charge < -0.3 is 15.0 Å². The summed E-state index contributed by atoms with van der Waals surface area (Å²) in [7, 11) is 0. The minimum atomic E-state index is 0.151. The maximum absolute atomic E-state index is 11.6. The van der Waals surface area contributed by atoms with Crippen molar-refractivity contribution in [2.75, 3.05) is 31.9 Å². The Balaban J connectivity index is 1.68. The van der Waals surface area contributed by atoms with Gasteiger partial charge in [-0.25, -0.2) is 4.98 Å². The van der Waals surface area contributed by atoms with Crippen molar-refractivity contribution >= 4 is 17.2 Å². The molecule has 1 amide bonds. The number of piperazine rings is 1. The van der Waals surface area contributed by atoms with Crippen LogP contribution >= 0.6 is 0 Å². The largest absolute Gasteiger partial charge is 0.398 e. The molecule has 1 aromatic carbocycles. The molecule has 0 radical (unpaired) electrons. The van der Waals surface area contributed by atoms with Crippen molar-refractivity contribution in [1.29, 1.82) is 0 Å². The van der Waals surface area contributed by atoms with Gasteiger partial charge in [-0.3, -0.25) is 9.69 Å². The van der Waals surface area contributed by atoms with Gasteiger partial charge in [0.15, 0.2) is 0 Å². The van der Waals surface area contributed by atoms with Gasteiger partial charge in [-0.2, -0.15) is 0 Å². The Morgan fingerprint density at radius 2 is 1.76 bits per heavy atom. The maximum Gasteiger partial charge on any atom is 0.219 e. The summed E-state index contributed by atoms with van der Waals surface area (Å²) in [6.07, 6.45) is 1.95. The van der Waals surface area contributed by atoms with Crippen LogP contribution in [0.25, 0.3) is 16.9 Å². The number of hydrogen-bond donors (Lipinski definition) is 1. The third kappa shape index (κ3) is 3.98. The van der Waals surface area contributed by atoms with Crippen LogP contribution in [0.2, 0.25) is 0 Å². The molecule has 0 spiro atoms. The van der Waals surface area contributed by atoms with Crippen molar-refractivity contribution in [3.63, 3.8) is 0 Å². The van der Waals surface area contributed by atoms with Crippen LogP contribution in [-0.4, -0.2) is 51.3 Å². The predicted molar refractivity (Wildman–Crippen MR) is 117 cm³/mol. The molecule has 3 heterocycles. The van der Waals surface area contributed by atoms with Crippen LogP contribution < -0.4 is 5.73 Å². The molecule has 1 aliphatic heterocycles. The van der Waals surface area contributed by atoms with Crippen LogP contribution in [0.1, 0.15) is 37.9 Å². The van der Waals surface area contributed by atoms with E-state index in [1.54, 1.807) is 6.92 Å². The SMILES string of the molecule is CC(=O)N1CCN(Cc2c(-c3ccc(C(C)C)cc3)nc3ccc(N)cn23)CC1. The number of carbonyl (C=O) groups excluding carboxylic acids is 1. The van der Waals surface area contributed by atoms with Gasteiger partial charge in [0, 0.05) is 57.1 Å². The molecule has 29 heavy (non-hydrogen) atoms. The molecule has 3 aromatic rings. The molecule has 2 N–H and O–H groups in total. The number of nitrogens with zero attached hydrogens (tertiary/aromatic N) is 4. The molecular weight excluding hydrogens is 362 g/mol. The molecule has 2 aromatic heterocycles. The molecule has 1 fully saturated rings. The minimum absolute atomic E-state index is 0.151. The van der Waals surface area contributed by atoms with E-state index < -0.39 is 0 Å². The predicted octanol–water partition coefficient (Wildman–Crippen LogP) is 3.37.